The van der Waals surface area contributed by atoms with E-state index in [1.54, 1.807) is 12.1 Å². The van der Waals surface area contributed by atoms with Crippen LogP contribution in [0.25, 0.3) is 0 Å². The van der Waals surface area contributed by atoms with Gasteiger partial charge < -0.3 is 9.47 Å². The van der Waals surface area contributed by atoms with Gasteiger partial charge in [0.15, 0.2) is 0 Å². The van der Waals surface area contributed by atoms with Gasteiger partial charge in [0.05, 0.1) is 38.6 Å². The maximum absolute atomic E-state index is 13.2. The molecule has 0 spiro atoms. The van der Waals surface area contributed by atoms with Crippen molar-refractivity contribution in [2.24, 2.45) is 5.10 Å². The summed E-state index contributed by atoms with van der Waals surface area (Å²) in [5.74, 6) is 0.837. The van der Waals surface area contributed by atoms with Crippen LogP contribution in [0.3, 0.4) is 0 Å². The predicted molar refractivity (Wildman–Crippen MR) is 112 cm³/mol. The van der Waals surface area contributed by atoms with Gasteiger partial charge in [0.25, 0.3) is 5.91 Å². The Balaban J connectivity index is 1.59. The number of nitrogens with zero attached hydrogens (tertiary/aromatic N) is 3. The lowest BCUT2D eigenvalue weighted by Crippen LogP contribution is -2.43. The second-order valence-electron chi connectivity index (χ2n) is 7.53. The Morgan fingerprint density at radius 3 is 2.45 bits per heavy atom. The van der Waals surface area contributed by atoms with Crippen LogP contribution in [-0.4, -0.2) is 61.5 Å². The van der Waals surface area contributed by atoms with Crippen LogP contribution < -0.4 is 4.74 Å². The summed E-state index contributed by atoms with van der Waals surface area (Å²) in [6, 6.07) is 16.1. The predicted octanol–water partition coefficient (Wildman–Crippen LogP) is 3.01. The van der Waals surface area contributed by atoms with E-state index in [9.17, 15) is 4.79 Å². The van der Waals surface area contributed by atoms with Crippen LogP contribution in [0.15, 0.2) is 53.6 Å². The van der Waals surface area contributed by atoms with Crippen molar-refractivity contribution in [3.63, 3.8) is 0 Å². The number of morpholine rings is 1. The fourth-order valence-electron chi connectivity index (χ4n) is 3.77. The van der Waals surface area contributed by atoms with E-state index in [-0.39, 0.29) is 11.9 Å². The molecule has 4 rings (SSSR count). The Hall–Kier alpha value is -2.70. The van der Waals surface area contributed by atoms with E-state index in [1.807, 2.05) is 24.3 Å². The molecule has 0 N–H and O–H groups in total. The highest BCUT2D eigenvalue weighted by Gasteiger charge is 2.33. The quantitative estimate of drug-likeness (QED) is 0.784. The molecular formula is C23H27N3O3. The minimum Gasteiger partial charge on any atom is -0.497 e. The molecule has 2 aliphatic rings. The molecule has 1 amide bonds. The maximum atomic E-state index is 13.2. The number of carbonyl (C=O) groups excluding carboxylic acids is 1. The lowest BCUT2D eigenvalue weighted by atomic mass is 9.97. The second kappa shape index (κ2) is 8.76. The number of amides is 1. The van der Waals surface area contributed by atoms with E-state index < -0.39 is 0 Å². The third-order valence-corrected chi connectivity index (χ3v) is 5.51. The Labute approximate surface area is 171 Å². The van der Waals surface area contributed by atoms with Gasteiger partial charge in [-0.1, -0.05) is 29.8 Å². The average Bonchev–Trinajstić information content (AvgIpc) is 3.21. The number of hydrazone groups is 1. The summed E-state index contributed by atoms with van der Waals surface area (Å²) in [6.07, 6.45) is 0.699. The van der Waals surface area contributed by atoms with Crippen LogP contribution in [0.5, 0.6) is 5.75 Å². The van der Waals surface area contributed by atoms with Gasteiger partial charge in [-0.2, -0.15) is 5.10 Å². The van der Waals surface area contributed by atoms with Gasteiger partial charge in [0, 0.05) is 19.5 Å². The number of methoxy groups -OCH3 is 1. The zero-order valence-electron chi connectivity index (χ0n) is 17.0. The minimum absolute atomic E-state index is 0.0287. The molecule has 1 fully saturated rings. The number of aryl methyl sites for hydroxylation is 1. The number of benzene rings is 2. The van der Waals surface area contributed by atoms with E-state index >= 15 is 0 Å². The molecule has 2 aliphatic heterocycles. The van der Waals surface area contributed by atoms with Gasteiger partial charge in [-0.25, -0.2) is 5.01 Å². The third kappa shape index (κ3) is 4.49. The lowest BCUT2D eigenvalue weighted by Gasteiger charge is -2.29. The molecule has 0 aliphatic carbocycles. The Kier molecular flexibility index (Phi) is 5.92. The molecule has 6 nitrogen and oxygen atoms in total. The van der Waals surface area contributed by atoms with Crippen molar-refractivity contribution in [3.05, 3.63) is 65.2 Å². The first-order chi connectivity index (χ1) is 14.1. The summed E-state index contributed by atoms with van der Waals surface area (Å²) in [7, 11) is 1.65. The van der Waals surface area contributed by atoms with Crippen LogP contribution in [-0.2, 0) is 9.53 Å². The summed E-state index contributed by atoms with van der Waals surface area (Å²) >= 11 is 0. The first-order valence-corrected chi connectivity index (χ1v) is 10.0. The van der Waals surface area contributed by atoms with Gasteiger partial charge in [-0.05, 0) is 42.3 Å². The monoisotopic (exact) mass is 393 g/mol. The van der Waals surface area contributed by atoms with E-state index in [1.165, 1.54) is 5.56 Å². The highest BCUT2D eigenvalue weighted by molar-refractivity contribution is 6.03. The molecule has 29 heavy (non-hydrogen) atoms. The van der Waals surface area contributed by atoms with Gasteiger partial charge >= 0.3 is 0 Å². The molecule has 152 valence electrons. The van der Waals surface area contributed by atoms with Crippen LogP contribution in [0.4, 0.5) is 0 Å². The summed E-state index contributed by atoms with van der Waals surface area (Å²) in [5, 5.41) is 6.44. The van der Waals surface area contributed by atoms with Crippen molar-refractivity contribution in [2.45, 2.75) is 19.4 Å². The molecule has 1 saturated heterocycles. The van der Waals surface area contributed by atoms with E-state index in [4.69, 9.17) is 14.6 Å². The molecule has 0 bridgehead atoms. The number of carbonyl (C=O) groups is 1. The molecule has 0 saturated carbocycles. The minimum atomic E-state index is -0.0822. The van der Waals surface area contributed by atoms with E-state index in [0.29, 0.717) is 26.2 Å². The van der Waals surface area contributed by atoms with Crippen LogP contribution in [0, 0.1) is 6.92 Å². The van der Waals surface area contributed by atoms with Gasteiger partial charge in [0.2, 0.25) is 0 Å². The number of rotatable bonds is 5. The third-order valence-electron chi connectivity index (χ3n) is 5.51. The molecule has 0 radical (unpaired) electrons. The SMILES string of the molecule is COc1ccc(C2=NN(C(=O)CN3CCOCC3)[C@@H](c3ccc(C)cc3)C2)cc1. The first-order valence-electron chi connectivity index (χ1n) is 10.0. The average molecular weight is 393 g/mol. The highest BCUT2D eigenvalue weighted by atomic mass is 16.5. The molecule has 2 heterocycles. The van der Waals surface area contributed by atoms with E-state index in [0.717, 1.165) is 35.7 Å². The molecule has 0 aromatic heterocycles. The zero-order valence-corrected chi connectivity index (χ0v) is 17.0. The maximum Gasteiger partial charge on any atom is 0.257 e. The second-order valence-corrected chi connectivity index (χ2v) is 7.53. The van der Waals surface area contributed by atoms with Gasteiger partial charge in [-0.3, -0.25) is 9.69 Å². The number of hydrogen-bond acceptors (Lipinski definition) is 5. The van der Waals surface area contributed by atoms with Gasteiger partial charge in [0.1, 0.15) is 5.75 Å². The summed E-state index contributed by atoms with van der Waals surface area (Å²) < 4.78 is 10.7. The Morgan fingerprint density at radius 2 is 1.79 bits per heavy atom. The largest absolute Gasteiger partial charge is 0.497 e. The van der Waals surface area contributed by atoms with Crippen molar-refractivity contribution in [1.82, 2.24) is 9.91 Å². The fraction of sp³-hybridized carbons (Fsp3) is 0.391. The van der Waals surface area contributed by atoms with Crippen molar-refractivity contribution in [3.8, 4) is 5.75 Å². The number of hydrogen-bond donors (Lipinski definition) is 0. The standard InChI is InChI=1S/C23H27N3O3/c1-17-3-5-19(6-4-17)22-15-21(18-7-9-20(28-2)10-8-18)24-26(22)23(27)16-25-11-13-29-14-12-25/h3-10,22H,11-16H2,1-2H3/t22-/m1/s1. The normalized spacial score (nSPS) is 19.9. The van der Waals surface area contributed by atoms with Gasteiger partial charge in [-0.15, -0.1) is 0 Å². The first kappa shape index (κ1) is 19.6. The molecular weight excluding hydrogens is 366 g/mol. The van der Waals surface area contributed by atoms with Crippen molar-refractivity contribution < 1.29 is 14.3 Å². The molecule has 6 heteroatoms. The van der Waals surface area contributed by atoms with Crippen LogP contribution in [0.2, 0.25) is 0 Å². The smallest absolute Gasteiger partial charge is 0.257 e. The number of ether oxygens (including phenoxy) is 2. The summed E-state index contributed by atoms with van der Waals surface area (Å²) in [6.45, 7) is 5.35. The highest BCUT2D eigenvalue weighted by Crippen LogP contribution is 2.33. The zero-order chi connectivity index (χ0) is 20.2. The van der Waals surface area contributed by atoms with Crippen LogP contribution in [0.1, 0.15) is 29.2 Å². The summed E-state index contributed by atoms with van der Waals surface area (Å²) in [5.41, 5.74) is 4.26. The lowest BCUT2D eigenvalue weighted by molar-refractivity contribution is -0.135. The van der Waals surface area contributed by atoms with Crippen molar-refractivity contribution >= 4 is 11.6 Å². The Morgan fingerprint density at radius 1 is 1.10 bits per heavy atom. The van der Waals surface area contributed by atoms with E-state index in [2.05, 4.69) is 36.1 Å². The molecule has 2 aromatic rings. The molecule has 0 unspecified atom stereocenters. The topological polar surface area (TPSA) is 54.4 Å². The molecule has 1 atom stereocenters. The van der Waals surface area contributed by atoms with Crippen LogP contribution >= 0.6 is 0 Å². The van der Waals surface area contributed by atoms with Crippen molar-refractivity contribution in [1.29, 1.82) is 0 Å². The Bertz CT molecular complexity index is 871. The fourth-order valence-corrected chi connectivity index (χ4v) is 3.77. The summed E-state index contributed by atoms with van der Waals surface area (Å²) in [4.78, 5) is 15.3. The van der Waals surface area contributed by atoms with Crippen molar-refractivity contribution in [2.75, 3.05) is 40.0 Å². The molecule has 2 aromatic carbocycles.